The summed E-state index contributed by atoms with van der Waals surface area (Å²) in [5.41, 5.74) is 3.41. The molecule has 0 saturated carbocycles. The minimum absolute atomic E-state index is 0.00775. The molecule has 0 spiro atoms. The molecule has 2 amide bonds. The number of fused-ring (bicyclic) bond motifs is 1. The van der Waals surface area contributed by atoms with E-state index >= 15 is 0 Å². The molecule has 5 heteroatoms. The average Bonchev–Trinajstić information content (AvgIpc) is 3.17. The van der Waals surface area contributed by atoms with Gasteiger partial charge in [-0.1, -0.05) is 36.4 Å². The number of urea groups is 1. The van der Waals surface area contributed by atoms with Gasteiger partial charge >= 0.3 is 6.03 Å². The summed E-state index contributed by atoms with van der Waals surface area (Å²) in [6.07, 6.45) is 3.44. The summed E-state index contributed by atoms with van der Waals surface area (Å²) in [4.78, 5) is 20.6. The number of rotatable bonds is 4. The van der Waals surface area contributed by atoms with Crippen LogP contribution < -0.4 is 5.32 Å². The first kappa shape index (κ1) is 16.8. The lowest BCUT2D eigenvalue weighted by Gasteiger charge is -2.36. The molecule has 2 aromatic heterocycles. The van der Waals surface area contributed by atoms with E-state index in [4.69, 9.17) is 0 Å². The zero-order valence-corrected chi connectivity index (χ0v) is 15.3. The average molecular weight is 363 g/mol. The molecule has 3 aromatic rings. The Kier molecular flexibility index (Phi) is 4.97. The maximum Gasteiger partial charge on any atom is 0.318 e. The highest BCUT2D eigenvalue weighted by Crippen LogP contribution is 2.37. The van der Waals surface area contributed by atoms with Crippen LogP contribution in [0, 0.1) is 0 Å². The fourth-order valence-corrected chi connectivity index (χ4v) is 4.38. The number of aromatic nitrogens is 1. The third-order valence-electron chi connectivity index (χ3n) is 4.73. The van der Waals surface area contributed by atoms with Crippen molar-refractivity contribution in [3.8, 4) is 0 Å². The first-order valence-corrected chi connectivity index (χ1v) is 9.76. The van der Waals surface area contributed by atoms with Crippen LogP contribution in [0.1, 0.15) is 27.7 Å². The fraction of sp³-hybridized carbons (Fsp3) is 0.238. The molecule has 1 N–H and O–H groups in total. The zero-order valence-electron chi connectivity index (χ0n) is 14.5. The maximum atomic E-state index is 12.9. The van der Waals surface area contributed by atoms with Crippen molar-refractivity contribution in [1.29, 1.82) is 0 Å². The third-order valence-corrected chi connectivity index (χ3v) is 5.72. The number of pyridine rings is 1. The molecule has 26 heavy (non-hydrogen) atoms. The molecule has 0 bridgehead atoms. The fourth-order valence-electron chi connectivity index (χ4n) is 3.48. The highest BCUT2D eigenvalue weighted by atomic mass is 32.1. The Balaban J connectivity index is 1.50. The van der Waals surface area contributed by atoms with E-state index in [1.165, 1.54) is 10.4 Å². The Bertz CT molecular complexity index is 863. The molecule has 0 fully saturated rings. The minimum Gasteiger partial charge on any atom is -0.338 e. The summed E-state index contributed by atoms with van der Waals surface area (Å²) >= 11 is 1.79. The number of benzene rings is 1. The number of thiophene rings is 1. The maximum absolute atomic E-state index is 12.9. The zero-order chi connectivity index (χ0) is 17.8. The van der Waals surface area contributed by atoms with E-state index < -0.39 is 0 Å². The van der Waals surface area contributed by atoms with Crippen molar-refractivity contribution >= 4 is 17.4 Å². The second kappa shape index (κ2) is 7.70. The Morgan fingerprint density at radius 3 is 2.81 bits per heavy atom. The molecule has 4 nitrogen and oxygen atoms in total. The monoisotopic (exact) mass is 363 g/mol. The molecule has 0 saturated heterocycles. The SMILES string of the molecule is O=C(NCCc1ccccn1)N1CCc2sccc2C1c1ccccc1. The van der Waals surface area contributed by atoms with Crippen molar-refractivity contribution < 1.29 is 4.79 Å². The first-order valence-electron chi connectivity index (χ1n) is 8.88. The highest BCUT2D eigenvalue weighted by Gasteiger charge is 2.32. The quantitative estimate of drug-likeness (QED) is 0.760. The molecule has 1 aliphatic heterocycles. The van der Waals surface area contributed by atoms with Crippen molar-refractivity contribution in [2.75, 3.05) is 13.1 Å². The predicted molar refractivity (Wildman–Crippen MR) is 104 cm³/mol. The van der Waals surface area contributed by atoms with Crippen molar-refractivity contribution in [3.63, 3.8) is 0 Å². The molecule has 1 aromatic carbocycles. The van der Waals surface area contributed by atoms with Crippen LogP contribution in [0.4, 0.5) is 4.79 Å². The largest absolute Gasteiger partial charge is 0.338 e. The van der Waals surface area contributed by atoms with E-state index in [2.05, 4.69) is 33.9 Å². The van der Waals surface area contributed by atoms with Crippen molar-refractivity contribution in [2.45, 2.75) is 18.9 Å². The number of hydrogen-bond donors (Lipinski definition) is 1. The van der Waals surface area contributed by atoms with Crippen LogP contribution in [-0.4, -0.2) is 29.0 Å². The number of carbonyl (C=O) groups is 1. The number of nitrogens with zero attached hydrogens (tertiary/aromatic N) is 2. The summed E-state index contributed by atoms with van der Waals surface area (Å²) in [5, 5.41) is 5.20. The van der Waals surface area contributed by atoms with Crippen LogP contribution in [0.2, 0.25) is 0 Å². The van der Waals surface area contributed by atoms with Gasteiger partial charge in [-0.05, 0) is 41.1 Å². The van der Waals surface area contributed by atoms with Gasteiger partial charge in [-0.2, -0.15) is 0 Å². The smallest absolute Gasteiger partial charge is 0.318 e. The third kappa shape index (κ3) is 3.48. The second-order valence-electron chi connectivity index (χ2n) is 6.36. The normalized spacial score (nSPS) is 16.2. The number of nitrogens with one attached hydrogen (secondary N) is 1. The summed E-state index contributed by atoms with van der Waals surface area (Å²) in [7, 11) is 0. The lowest BCUT2D eigenvalue weighted by atomic mass is 9.93. The molecule has 3 heterocycles. The predicted octanol–water partition coefficient (Wildman–Crippen LogP) is 4.04. The van der Waals surface area contributed by atoms with E-state index in [1.54, 1.807) is 17.5 Å². The molecular formula is C21H21N3OS. The van der Waals surface area contributed by atoms with E-state index in [0.29, 0.717) is 6.54 Å². The molecule has 1 atom stereocenters. The van der Waals surface area contributed by atoms with Crippen molar-refractivity contribution in [3.05, 3.63) is 87.9 Å². The number of carbonyl (C=O) groups excluding carboxylic acids is 1. The van der Waals surface area contributed by atoms with Crippen LogP contribution in [0.25, 0.3) is 0 Å². The van der Waals surface area contributed by atoms with E-state index in [9.17, 15) is 4.79 Å². The summed E-state index contributed by atoms with van der Waals surface area (Å²) in [6, 6.07) is 18.3. The van der Waals surface area contributed by atoms with Gasteiger partial charge in [0, 0.05) is 36.3 Å². The van der Waals surface area contributed by atoms with Gasteiger partial charge in [0.1, 0.15) is 0 Å². The molecular weight excluding hydrogens is 342 g/mol. The molecule has 0 aliphatic carbocycles. The minimum atomic E-state index is -0.0129. The number of hydrogen-bond acceptors (Lipinski definition) is 3. The van der Waals surface area contributed by atoms with Crippen LogP contribution in [0.15, 0.2) is 66.2 Å². The number of amides is 2. The van der Waals surface area contributed by atoms with Gasteiger partial charge < -0.3 is 10.2 Å². The first-order chi connectivity index (χ1) is 12.8. The molecule has 0 radical (unpaired) electrons. The van der Waals surface area contributed by atoms with E-state index in [-0.39, 0.29) is 12.1 Å². The van der Waals surface area contributed by atoms with Crippen LogP contribution in [-0.2, 0) is 12.8 Å². The van der Waals surface area contributed by atoms with E-state index in [1.807, 2.05) is 41.3 Å². The van der Waals surface area contributed by atoms with Crippen LogP contribution in [0.5, 0.6) is 0 Å². The van der Waals surface area contributed by atoms with Gasteiger partial charge in [0.2, 0.25) is 0 Å². The highest BCUT2D eigenvalue weighted by molar-refractivity contribution is 7.10. The summed E-state index contributed by atoms with van der Waals surface area (Å²) in [5.74, 6) is 0. The molecule has 132 valence electrons. The lowest BCUT2D eigenvalue weighted by molar-refractivity contribution is 0.181. The standard InChI is InChI=1S/C21H21N3OS/c25-21(23-13-9-17-8-4-5-12-22-17)24-14-10-19-18(11-15-26-19)20(24)16-6-2-1-3-7-16/h1-8,11-12,15,20H,9-10,13-14H2,(H,23,25). The molecule has 4 rings (SSSR count). The van der Waals surface area contributed by atoms with Crippen LogP contribution in [0.3, 0.4) is 0 Å². The molecule has 1 aliphatic rings. The van der Waals surface area contributed by atoms with Gasteiger partial charge in [-0.3, -0.25) is 4.98 Å². The van der Waals surface area contributed by atoms with Gasteiger partial charge in [0.15, 0.2) is 0 Å². The summed E-state index contributed by atoms with van der Waals surface area (Å²) in [6.45, 7) is 1.33. The topological polar surface area (TPSA) is 45.2 Å². The Hall–Kier alpha value is -2.66. The van der Waals surface area contributed by atoms with Gasteiger partial charge in [-0.25, -0.2) is 4.79 Å². The van der Waals surface area contributed by atoms with E-state index in [0.717, 1.165) is 30.6 Å². The Morgan fingerprint density at radius 2 is 2.00 bits per heavy atom. The summed E-state index contributed by atoms with van der Waals surface area (Å²) < 4.78 is 0. The van der Waals surface area contributed by atoms with Crippen molar-refractivity contribution in [1.82, 2.24) is 15.2 Å². The van der Waals surface area contributed by atoms with Gasteiger partial charge in [0.05, 0.1) is 6.04 Å². The van der Waals surface area contributed by atoms with Gasteiger partial charge in [-0.15, -0.1) is 11.3 Å². The van der Waals surface area contributed by atoms with Crippen LogP contribution >= 0.6 is 11.3 Å². The Labute approximate surface area is 157 Å². The van der Waals surface area contributed by atoms with Crippen molar-refractivity contribution in [2.24, 2.45) is 0 Å². The van der Waals surface area contributed by atoms with Gasteiger partial charge in [0.25, 0.3) is 0 Å². The Morgan fingerprint density at radius 1 is 1.15 bits per heavy atom. The second-order valence-corrected chi connectivity index (χ2v) is 7.36. The lowest BCUT2D eigenvalue weighted by Crippen LogP contribution is -2.46. The molecule has 1 unspecified atom stereocenters.